The van der Waals surface area contributed by atoms with Gasteiger partial charge in [0.15, 0.2) is 4.34 Å². The van der Waals surface area contributed by atoms with Crippen LogP contribution in [-0.2, 0) is 11.3 Å². The van der Waals surface area contributed by atoms with Crippen molar-refractivity contribution >= 4 is 34.1 Å². The zero-order valence-electron chi connectivity index (χ0n) is 14.7. The first-order valence-electron chi connectivity index (χ1n) is 8.62. The highest BCUT2D eigenvalue weighted by Gasteiger charge is 2.16. The van der Waals surface area contributed by atoms with Crippen LogP contribution in [0.5, 0.6) is 0 Å². The molecule has 1 N–H and O–H groups in total. The van der Waals surface area contributed by atoms with Gasteiger partial charge in [0.1, 0.15) is 11.5 Å². The van der Waals surface area contributed by atoms with E-state index in [-0.39, 0.29) is 5.91 Å². The van der Waals surface area contributed by atoms with E-state index in [1.165, 1.54) is 55.2 Å². The second-order valence-electron chi connectivity index (χ2n) is 6.40. The van der Waals surface area contributed by atoms with E-state index >= 15 is 0 Å². The van der Waals surface area contributed by atoms with Crippen LogP contribution in [0.15, 0.2) is 20.9 Å². The lowest BCUT2D eigenvalue weighted by Crippen LogP contribution is -2.27. The zero-order valence-corrected chi connectivity index (χ0v) is 16.3. The quantitative estimate of drug-likeness (QED) is 0.734. The number of hydrogen-bond donors (Lipinski definition) is 1. The van der Waals surface area contributed by atoms with Crippen molar-refractivity contribution in [1.29, 1.82) is 0 Å². The number of amides is 1. The van der Waals surface area contributed by atoms with Gasteiger partial charge in [0.2, 0.25) is 11.0 Å². The van der Waals surface area contributed by atoms with E-state index in [0.29, 0.717) is 18.3 Å². The zero-order chi connectivity index (χ0) is 17.6. The first-order chi connectivity index (χ1) is 12.1. The predicted octanol–water partition coefficient (Wildman–Crippen LogP) is 3.93. The molecule has 0 aliphatic heterocycles. The van der Waals surface area contributed by atoms with Gasteiger partial charge in [-0.15, -0.1) is 10.2 Å². The van der Waals surface area contributed by atoms with Crippen LogP contribution < -0.4 is 5.32 Å². The minimum absolute atomic E-state index is 0.0519. The first-order valence-corrected chi connectivity index (χ1v) is 10.4. The standard InChI is InChI=1S/C17H24N4O2S2/c1-12-8-9-14(23-12)10-21(2)15(22)11-24-17-20-19-16(25-17)18-13-6-4-3-5-7-13/h8-9,13H,3-7,10-11H2,1-2H3,(H,18,19). The Labute approximate surface area is 156 Å². The number of aryl methyl sites for hydroxylation is 1. The Morgan fingerprint density at radius 3 is 2.88 bits per heavy atom. The molecule has 2 aromatic rings. The van der Waals surface area contributed by atoms with Gasteiger partial charge in [0.25, 0.3) is 0 Å². The number of rotatable bonds is 7. The fourth-order valence-corrected chi connectivity index (χ4v) is 4.64. The topological polar surface area (TPSA) is 71.3 Å². The van der Waals surface area contributed by atoms with Gasteiger partial charge in [-0.25, -0.2) is 0 Å². The van der Waals surface area contributed by atoms with Gasteiger partial charge in [-0.05, 0) is 31.9 Å². The molecule has 2 aromatic heterocycles. The summed E-state index contributed by atoms with van der Waals surface area (Å²) in [6, 6.07) is 4.33. The molecule has 1 saturated carbocycles. The maximum absolute atomic E-state index is 12.3. The van der Waals surface area contributed by atoms with Crippen LogP contribution >= 0.6 is 23.1 Å². The summed E-state index contributed by atoms with van der Waals surface area (Å²) in [7, 11) is 1.79. The third-order valence-corrected chi connectivity index (χ3v) is 6.25. The van der Waals surface area contributed by atoms with Crippen molar-refractivity contribution in [2.24, 2.45) is 0 Å². The summed E-state index contributed by atoms with van der Waals surface area (Å²) in [5.41, 5.74) is 0. The summed E-state index contributed by atoms with van der Waals surface area (Å²) < 4.78 is 6.34. The molecule has 25 heavy (non-hydrogen) atoms. The van der Waals surface area contributed by atoms with E-state index in [9.17, 15) is 4.79 Å². The number of thioether (sulfide) groups is 1. The number of carbonyl (C=O) groups is 1. The summed E-state index contributed by atoms with van der Waals surface area (Å²) in [5, 5.41) is 12.7. The largest absolute Gasteiger partial charge is 0.464 e. The molecular formula is C17H24N4O2S2. The van der Waals surface area contributed by atoms with E-state index < -0.39 is 0 Å². The molecule has 1 aliphatic carbocycles. The highest BCUT2D eigenvalue weighted by atomic mass is 32.2. The predicted molar refractivity (Wildman–Crippen MR) is 101 cm³/mol. The average molecular weight is 381 g/mol. The maximum atomic E-state index is 12.3. The number of nitrogens with one attached hydrogen (secondary N) is 1. The van der Waals surface area contributed by atoms with Crippen LogP contribution in [0, 0.1) is 6.92 Å². The van der Waals surface area contributed by atoms with Gasteiger partial charge in [-0.1, -0.05) is 42.4 Å². The van der Waals surface area contributed by atoms with Crippen LogP contribution in [0.25, 0.3) is 0 Å². The molecule has 6 nitrogen and oxygen atoms in total. The molecule has 0 spiro atoms. The Bertz CT molecular complexity index is 694. The summed E-state index contributed by atoms with van der Waals surface area (Å²) in [5.74, 6) is 2.06. The minimum atomic E-state index is 0.0519. The Morgan fingerprint density at radius 1 is 1.36 bits per heavy atom. The molecule has 0 atom stereocenters. The smallest absolute Gasteiger partial charge is 0.233 e. The third-order valence-electron chi connectivity index (χ3n) is 4.27. The highest BCUT2D eigenvalue weighted by Crippen LogP contribution is 2.28. The van der Waals surface area contributed by atoms with Gasteiger partial charge in [0.05, 0.1) is 12.3 Å². The van der Waals surface area contributed by atoms with Crippen LogP contribution in [0.2, 0.25) is 0 Å². The van der Waals surface area contributed by atoms with Crippen LogP contribution in [0.4, 0.5) is 5.13 Å². The van der Waals surface area contributed by atoms with Crippen molar-refractivity contribution in [3.63, 3.8) is 0 Å². The highest BCUT2D eigenvalue weighted by molar-refractivity contribution is 8.01. The molecule has 0 saturated heterocycles. The van der Waals surface area contributed by atoms with E-state index in [1.807, 2.05) is 19.1 Å². The van der Waals surface area contributed by atoms with Crippen molar-refractivity contribution in [2.45, 2.75) is 56.0 Å². The summed E-state index contributed by atoms with van der Waals surface area (Å²) >= 11 is 2.97. The molecule has 1 amide bonds. The lowest BCUT2D eigenvalue weighted by molar-refractivity contribution is -0.127. The van der Waals surface area contributed by atoms with Crippen molar-refractivity contribution in [1.82, 2.24) is 15.1 Å². The Hall–Kier alpha value is -1.54. The van der Waals surface area contributed by atoms with Crippen molar-refractivity contribution in [3.05, 3.63) is 23.7 Å². The van der Waals surface area contributed by atoms with E-state index in [1.54, 1.807) is 11.9 Å². The molecule has 0 radical (unpaired) electrons. The second kappa shape index (κ2) is 8.71. The van der Waals surface area contributed by atoms with Gasteiger partial charge in [0, 0.05) is 13.1 Å². The van der Waals surface area contributed by atoms with Crippen molar-refractivity contribution in [2.75, 3.05) is 18.1 Å². The normalized spacial score (nSPS) is 15.3. The fraction of sp³-hybridized carbons (Fsp3) is 0.588. The van der Waals surface area contributed by atoms with Gasteiger partial charge in [-0.2, -0.15) is 0 Å². The van der Waals surface area contributed by atoms with Crippen LogP contribution in [-0.4, -0.2) is 39.8 Å². The minimum Gasteiger partial charge on any atom is -0.464 e. The van der Waals surface area contributed by atoms with Gasteiger partial charge in [-0.3, -0.25) is 4.79 Å². The average Bonchev–Trinajstić information content (AvgIpc) is 3.22. The van der Waals surface area contributed by atoms with Crippen LogP contribution in [0.1, 0.15) is 43.6 Å². The molecule has 1 fully saturated rings. The number of carbonyl (C=O) groups excluding carboxylic acids is 1. The fourth-order valence-electron chi connectivity index (χ4n) is 2.87. The third kappa shape index (κ3) is 5.47. The van der Waals surface area contributed by atoms with Gasteiger partial charge >= 0.3 is 0 Å². The molecule has 3 rings (SSSR count). The monoisotopic (exact) mass is 380 g/mol. The van der Waals surface area contributed by atoms with E-state index in [4.69, 9.17) is 4.42 Å². The SMILES string of the molecule is Cc1ccc(CN(C)C(=O)CSc2nnc(NC3CCCCC3)s2)o1. The molecule has 2 heterocycles. The van der Waals surface area contributed by atoms with E-state index in [0.717, 1.165) is 21.0 Å². The van der Waals surface area contributed by atoms with Crippen molar-refractivity contribution in [3.8, 4) is 0 Å². The molecule has 0 bridgehead atoms. The first kappa shape index (κ1) is 18.3. The number of furan rings is 1. The Balaban J connectivity index is 1.43. The molecule has 8 heteroatoms. The number of anilines is 1. The maximum Gasteiger partial charge on any atom is 0.233 e. The number of nitrogens with zero attached hydrogens (tertiary/aromatic N) is 3. The lowest BCUT2D eigenvalue weighted by Gasteiger charge is -2.21. The Kier molecular flexibility index (Phi) is 6.36. The summed E-state index contributed by atoms with van der Waals surface area (Å²) in [6.45, 7) is 2.38. The van der Waals surface area contributed by atoms with E-state index in [2.05, 4.69) is 15.5 Å². The van der Waals surface area contributed by atoms with Crippen molar-refractivity contribution < 1.29 is 9.21 Å². The molecule has 0 unspecified atom stereocenters. The lowest BCUT2D eigenvalue weighted by atomic mass is 9.96. The molecular weight excluding hydrogens is 356 g/mol. The summed E-state index contributed by atoms with van der Waals surface area (Å²) in [4.78, 5) is 13.9. The number of hydrogen-bond acceptors (Lipinski definition) is 7. The number of aromatic nitrogens is 2. The van der Waals surface area contributed by atoms with Crippen LogP contribution in [0.3, 0.4) is 0 Å². The van der Waals surface area contributed by atoms with Gasteiger partial charge < -0.3 is 14.6 Å². The second-order valence-corrected chi connectivity index (χ2v) is 8.60. The summed E-state index contributed by atoms with van der Waals surface area (Å²) in [6.07, 6.45) is 6.32. The molecule has 1 aliphatic rings. The Morgan fingerprint density at radius 2 is 2.16 bits per heavy atom. The molecule has 136 valence electrons. The molecule has 0 aromatic carbocycles.